The Morgan fingerprint density at radius 3 is 0.752 bits per heavy atom. The third-order valence-electron chi connectivity index (χ3n) is 24.2. The smallest absolute Gasteiger partial charge is 0.312 e. The van der Waals surface area contributed by atoms with E-state index in [9.17, 15) is 49.5 Å². The van der Waals surface area contributed by atoms with E-state index in [0.717, 1.165) is 92.9 Å². The lowest BCUT2D eigenvalue weighted by Gasteiger charge is -2.38. The van der Waals surface area contributed by atoms with Crippen LogP contribution in [0.4, 0.5) is 25.7 Å². The molecule has 5 aromatic carbocycles. The van der Waals surface area contributed by atoms with Gasteiger partial charge in [-0.05, 0) is 258 Å². The average molecular weight is 2110 g/mol. The van der Waals surface area contributed by atoms with Crippen LogP contribution in [0.1, 0.15) is 193 Å². The lowest BCUT2D eigenvalue weighted by atomic mass is 9.93. The Bertz CT molecular complexity index is 5240. The first-order valence-electron chi connectivity index (χ1n) is 49.8. The number of carbonyl (C=O) groups is 5. The zero-order chi connectivity index (χ0) is 106. The molecule has 30 nitrogen and oxygen atoms in total. The van der Waals surface area contributed by atoms with Crippen molar-refractivity contribution in [1.29, 1.82) is 0 Å². The topological polar surface area (TPSA) is 359 Å². The van der Waals surface area contributed by atoms with Crippen LogP contribution in [0.3, 0.4) is 0 Å². The number of esters is 5. The SMILES string of the molecule is CCO[C@@H]1CN(c2nc(-c3cc(C)ccc3O)cs2)CC[C@@H]1C(=O)OC(C)(C)C.CCO[C@@H]1CN(c2nc(-c3cccc(C)c3O)cs2)CC[C@@H]1C(=O)OC(C)(C)C.CCO[C@H]1CN(c2nc(-c3cc(C)ccc3O)cs2)CC[C@H]1C(=O)OC(C)(C)C.CCO[C@H]1CN(c2nc(-c3cccc(C)c3O)cs2)CC[C@H]1C(=O)OC(C)(C)C.CCO[C@H]1CN(c2nc(-c3cccc(Cl)c3O)cs2)CC[C@H]1C(=O)OC(C)(C)C. The molecular formula is C109H147ClN10O20S5. The molecule has 0 radical (unpaired) electrons. The fourth-order valence-corrected chi connectivity index (χ4v) is 21.9. The molecule has 0 unspecified atom stereocenters. The minimum atomic E-state index is -0.520. The molecule has 36 heteroatoms. The molecule has 0 saturated carbocycles. The first kappa shape index (κ1) is 115. The summed E-state index contributed by atoms with van der Waals surface area (Å²) in [4.78, 5) is 97.6. The molecule has 15 rings (SSSR count). The number of phenols is 5. The monoisotopic (exact) mass is 2110 g/mol. The summed E-state index contributed by atoms with van der Waals surface area (Å²) in [5.41, 5.74) is 8.48. The van der Waals surface area contributed by atoms with Gasteiger partial charge in [0, 0.05) is 153 Å². The van der Waals surface area contributed by atoms with Gasteiger partial charge in [0.1, 0.15) is 56.8 Å². The maximum Gasteiger partial charge on any atom is 0.312 e. The van der Waals surface area contributed by atoms with Crippen LogP contribution < -0.4 is 24.5 Å². The fraction of sp³-hybridized carbons (Fsp3) is 0.541. The van der Waals surface area contributed by atoms with Gasteiger partial charge >= 0.3 is 29.8 Å². The standard InChI is InChI=1S/4C22H30N2O4S.C21H27ClN2O4S/c2*1-6-27-19-12-24(10-9-15(19)20(26)28-22(3,4)5)21-23-17(13-29-21)16-11-14(2)7-8-18(16)25;2*1-6-27-18-12-24(11-10-16(18)20(26)28-22(3,4)5)21-23-17(13-29-21)15-9-7-8-14(2)19(15)25;1-5-27-17-11-24(10-9-14(17)19(26)28-21(2,3)4)20-23-16(12-29-20)13-7-6-8-15(22)18(13)25/h2*7-8,11,13,15,19,25H,6,9-10,12H2,1-5H3;2*7-9,13,16,18,25H,6,10-12H2,1-5H3;6-8,12,14,17,25H,5,9-11H2,1-4H3/t2*15-,19+;2*16-,18+;14-,17+/m10101/s1. The molecule has 790 valence electrons. The molecule has 5 aromatic heterocycles. The molecule has 5 aliphatic heterocycles. The van der Waals surface area contributed by atoms with Gasteiger partial charge in [0.2, 0.25) is 0 Å². The van der Waals surface area contributed by atoms with E-state index in [1.165, 1.54) is 56.7 Å². The van der Waals surface area contributed by atoms with E-state index in [0.29, 0.717) is 147 Å². The number of anilines is 5. The van der Waals surface area contributed by atoms with Crippen LogP contribution in [0, 0.1) is 57.3 Å². The normalized spacial score (nSPS) is 20.0. The summed E-state index contributed by atoms with van der Waals surface area (Å²) in [7, 11) is 0. The Morgan fingerprint density at radius 1 is 0.317 bits per heavy atom. The van der Waals surface area contributed by atoms with Crippen LogP contribution in [-0.2, 0) is 71.3 Å². The molecule has 0 bridgehead atoms. The lowest BCUT2D eigenvalue weighted by Crippen LogP contribution is -2.49. The number of thiazole rings is 5. The van der Waals surface area contributed by atoms with Gasteiger partial charge in [-0.2, -0.15) is 0 Å². The number of hydrogen-bond donors (Lipinski definition) is 5. The van der Waals surface area contributed by atoms with Crippen molar-refractivity contribution < 1.29 is 96.9 Å². The highest BCUT2D eigenvalue weighted by Gasteiger charge is 2.45. The highest BCUT2D eigenvalue weighted by atomic mass is 35.5. The number of benzene rings is 5. The molecule has 0 spiro atoms. The van der Waals surface area contributed by atoms with Gasteiger partial charge in [-0.1, -0.05) is 65.2 Å². The van der Waals surface area contributed by atoms with Gasteiger partial charge < -0.3 is 97.4 Å². The second-order valence-corrected chi connectivity index (χ2v) is 46.1. The highest BCUT2D eigenvalue weighted by Crippen LogP contribution is 2.45. The second-order valence-electron chi connectivity index (χ2n) is 41.5. The average Bonchev–Trinajstić information content (AvgIpc) is 1.69. The molecule has 0 aliphatic carbocycles. The highest BCUT2D eigenvalue weighted by molar-refractivity contribution is 7.15. The molecule has 145 heavy (non-hydrogen) atoms. The van der Waals surface area contributed by atoms with Crippen molar-refractivity contribution >= 4 is 124 Å². The number of ether oxygens (including phenoxy) is 10. The van der Waals surface area contributed by atoms with E-state index < -0.39 is 28.0 Å². The Kier molecular flexibility index (Phi) is 40.5. The largest absolute Gasteiger partial charge is 0.507 e. The van der Waals surface area contributed by atoms with Crippen molar-refractivity contribution in [2.45, 2.75) is 257 Å². The first-order valence-corrected chi connectivity index (χ1v) is 54.6. The summed E-state index contributed by atoms with van der Waals surface area (Å²) in [5, 5.41) is 65.6. The first-order chi connectivity index (χ1) is 68.4. The molecule has 10 heterocycles. The minimum absolute atomic E-state index is 0.0295. The van der Waals surface area contributed by atoms with Crippen LogP contribution in [0.15, 0.2) is 118 Å². The quantitative estimate of drug-likeness (QED) is 0.0262. The van der Waals surface area contributed by atoms with E-state index in [1.807, 2.05) is 254 Å². The van der Waals surface area contributed by atoms with Gasteiger partial charge in [-0.25, -0.2) is 24.9 Å². The Morgan fingerprint density at radius 2 is 0.531 bits per heavy atom. The van der Waals surface area contributed by atoms with Crippen LogP contribution >= 0.6 is 68.3 Å². The van der Waals surface area contributed by atoms with Gasteiger partial charge in [-0.3, -0.25) is 24.0 Å². The number of aromatic hydroxyl groups is 5. The molecule has 5 fully saturated rings. The Hall–Kier alpha value is -10.3. The summed E-state index contributed by atoms with van der Waals surface area (Å²) in [6.07, 6.45) is 2.08. The molecule has 5 aliphatic rings. The predicted molar refractivity (Wildman–Crippen MR) is 578 cm³/mol. The fourth-order valence-electron chi connectivity index (χ4n) is 17.4. The van der Waals surface area contributed by atoms with E-state index in [-0.39, 0.29) is 119 Å². The molecule has 0 amide bonds. The molecular weight excluding hydrogens is 1970 g/mol. The minimum Gasteiger partial charge on any atom is -0.507 e. The van der Waals surface area contributed by atoms with Crippen LogP contribution in [0.2, 0.25) is 5.02 Å². The van der Waals surface area contributed by atoms with Crippen molar-refractivity contribution in [2.75, 3.05) is 123 Å². The third kappa shape index (κ3) is 32.4. The van der Waals surface area contributed by atoms with Crippen molar-refractivity contribution in [3.05, 3.63) is 145 Å². The maximum absolute atomic E-state index is 12.6. The number of piperidine rings is 5. The zero-order valence-corrected chi connectivity index (χ0v) is 93.1. The van der Waals surface area contributed by atoms with Crippen molar-refractivity contribution in [3.63, 3.8) is 0 Å². The Balaban J connectivity index is 0.000000173. The third-order valence-corrected chi connectivity index (χ3v) is 29.0. The number of carbonyl (C=O) groups excluding carboxylic acids is 5. The van der Waals surface area contributed by atoms with Gasteiger partial charge in [-0.15, -0.1) is 56.7 Å². The summed E-state index contributed by atoms with van der Waals surface area (Å²) < 4.78 is 57.5. The number of hydrogen-bond acceptors (Lipinski definition) is 35. The summed E-state index contributed by atoms with van der Waals surface area (Å²) >= 11 is 13.7. The van der Waals surface area contributed by atoms with Crippen molar-refractivity contribution in [1.82, 2.24) is 24.9 Å². The van der Waals surface area contributed by atoms with Crippen LogP contribution in [0.25, 0.3) is 56.3 Å². The zero-order valence-electron chi connectivity index (χ0n) is 88.2. The van der Waals surface area contributed by atoms with E-state index in [4.69, 9.17) is 78.9 Å². The number of halogens is 1. The maximum atomic E-state index is 12.6. The van der Waals surface area contributed by atoms with Gasteiger partial charge in [0.25, 0.3) is 0 Å². The molecule has 10 atom stereocenters. The number of phenolic OH excluding ortho intramolecular Hbond substituents is 5. The van der Waals surface area contributed by atoms with Crippen LogP contribution in [-0.4, -0.2) is 237 Å². The number of rotatable bonds is 25. The van der Waals surface area contributed by atoms with Crippen molar-refractivity contribution in [2.24, 2.45) is 29.6 Å². The number of nitrogens with zero attached hydrogens (tertiary/aromatic N) is 10. The van der Waals surface area contributed by atoms with E-state index in [2.05, 4.69) is 29.5 Å². The van der Waals surface area contributed by atoms with E-state index >= 15 is 0 Å². The van der Waals surface area contributed by atoms with Crippen LogP contribution in [0.5, 0.6) is 28.7 Å². The summed E-state index contributed by atoms with van der Waals surface area (Å²) in [6, 6.07) is 27.6. The van der Waals surface area contributed by atoms with Gasteiger partial charge in [0.15, 0.2) is 25.7 Å². The van der Waals surface area contributed by atoms with Gasteiger partial charge in [0.05, 0.1) is 93.6 Å². The predicted octanol–water partition coefficient (Wildman–Crippen LogP) is 22.3. The molecule has 5 saturated heterocycles. The number of aromatic nitrogens is 5. The number of aryl methyl sites for hydroxylation is 4. The van der Waals surface area contributed by atoms with E-state index in [1.54, 1.807) is 30.3 Å². The van der Waals surface area contributed by atoms with Crippen molar-refractivity contribution in [3.8, 4) is 85.0 Å². The lowest BCUT2D eigenvalue weighted by molar-refractivity contribution is -0.167. The molecule has 10 aromatic rings. The summed E-state index contributed by atoms with van der Waals surface area (Å²) in [6.45, 7) is 54.7. The second kappa shape index (κ2) is 51.1. The Labute approximate surface area is 879 Å². The molecule has 5 N–H and O–H groups in total. The summed E-state index contributed by atoms with van der Waals surface area (Å²) in [5.74, 6) is -1.36. The number of para-hydroxylation sites is 3.